The highest BCUT2D eigenvalue weighted by atomic mass is 35.5. The van der Waals surface area contributed by atoms with Crippen LogP contribution in [-0.2, 0) is 6.42 Å². The minimum atomic E-state index is 0.205. The summed E-state index contributed by atoms with van der Waals surface area (Å²) in [4.78, 5) is 12.2. The molecule has 0 fully saturated rings. The molecular formula is C17H17ClO. The molecule has 0 atom stereocenters. The summed E-state index contributed by atoms with van der Waals surface area (Å²) in [5.74, 6) is 0.205. The Morgan fingerprint density at radius 1 is 1.05 bits per heavy atom. The zero-order valence-electron chi connectivity index (χ0n) is 11.2. The van der Waals surface area contributed by atoms with Crippen molar-refractivity contribution in [2.75, 3.05) is 0 Å². The van der Waals surface area contributed by atoms with Gasteiger partial charge in [-0.1, -0.05) is 41.9 Å². The van der Waals surface area contributed by atoms with E-state index in [0.717, 1.165) is 33.7 Å². The van der Waals surface area contributed by atoms with E-state index in [1.54, 1.807) is 0 Å². The van der Waals surface area contributed by atoms with E-state index in [9.17, 15) is 4.79 Å². The van der Waals surface area contributed by atoms with Gasteiger partial charge in [-0.3, -0.25) is 4.79 Å². The molecule has 2 rings (SSSR count). The Morgan fingerprint density at radius 2 is 1.74 bits per heavy atom. The standard InChI is InChI=1S/C17H17ClO/c1-12-4-3-5-16(13(12)2)17(19)11-8-14-6-9-15(18)10-7-14/h3-7,9-10H,8,11H2,1-2H3. The van der Waals surface area contributed by atoms with E-state index in [1.165, 1.54) is 0 Å². The van der Waals surface area contributed by atoms with E-state index >= 15 is 0 Å². The first-order valence-corrected chi connectivity index (χ1v) is 6.79. The summed E-state index contributed by atoms with van der Waals surface area (Å²) in [6, 6.07) is 13.5. The smallest absolute Gasteiger partial charge is 0.163 e. The normalized spacial score (nSPS) is 10.5. The first-order valence-electron chi connectivity index (χ1n) is 6.42. The lowest BCUT2D eigenvalue weighted by molar-refractivity contribution is 0.0982. The summed E-state index contributed by atoms with van der Waals surface area (Å²) < 4.78 is 0. The molecule has 0 unspecified atom stereocenters. The zero-order valence-corrected chi connectivity index (χ0v) is 12.0. The lowest BCUT2D eigenvalue weighted by Gasteiger charge is -2.07. The molecule has 98 valence electrons. The number of benzene rings is 2. The van der Waals surface area contributed by atoms with Crippen LogP contribution in [0.25, 0.3) is 0 Å². The van der Waals surface area contributed by atoms with Crippen LogP contribution in [0.15, 0.2) is 42.5 Å². The van der Waals surface area contributed by atoms with Crippen molar-refractivity contribution in [2.45, 2.75) is 26.7 Å². The van der Waals surface area contributed by atoms with Gasteiger partial charge in [-0.15, -0.1) is 0 Å². The Bertz CT molecular complexity index is 585. The Morgan fingerprint density at radius 3 is 2.42 bits per heavy atom. The number of aryl methyl sites for hydroxylation is 2. The van der Waals surface area contributed by atoms with Gasteiger partial charge in [0.25, 0.3) is 0 Å². The van der Waals surface area contributed by atoms with Gasteiger partial charge in [0.05, 0.1) is 0 Å². The van der Waals surface area contributed by atoms with E-state index in [1.807, 2.05) is 56.3 Å². The van der Waals surface area contributed by atoms with Crippen LogP contribution in [0.5, 0.6) is 0 Å². The third-order valence-corrected chi connectivity index (χ3v) is 3.71. The van der Waals surface area contributed by atoms with Crippen molar-refractivity contribution in [3.63, 3.8) is 0 Å². The molecule has 2 aromatic carbocycles. The Labute approximate surface area is 119 Å². The number of hydrogen-bond acceptors (Lipinski definition) is 1. The predicted molar refractivity (Wildman–Crippen MR) is 80.0 cm³/mol. The lowest BCUT2D eigenvalue weighted by atomic mass is 9.96. The first-order chi connectivity index (χ1) is 9.08. The Hall–Kier alpha value is -1.60. The molecule has 0 N–H and O–H groups in total. The summed E-state index contributed by atoms with van der Waals surface area (Å²) in [6.07, 6.45) is 1.29. The van der Waals surface area contributed by atoms with Crippen molar-refractivity contribution in [3.8, 4) is 0 Å². The van der Waals surface area contributed by atoms with Crippen LogP contribution in [0.4, 0.5) is 0 Å². The number of halogens is 1. The van der Waals surface area contributed by atoms with Gasteiger partial charge >= 0.3 is 0 Å². The van der Waals surface area contributed by atoms with Gasteiger partial charge in [0.1, 0.15) is 0 Å². The molecule has 0 radical (unpaired) electrons. The van der Waals surface area contributed by atoms with E-state index in [2.05, 4.69) is 0 Å². The highest BCUT2D eigenvalue weighted by Gasteiger charge is 2.10. The first kappa shape index (κ1) is 13.8. The minimum absolute atomic E-state index is 0.205. The van der Waals surface area contributed by atoms with Gasteiger partial charge in [0, 0.05) is 17.0 Å². The Balaban J connectivity index is 2.05. The van der Waals surface area contributed by atoms with Gasteiger partial charge in [-0.25, -0.2) is 0 Å². The van der Waals surface area contributed by atoms with E-state index in [0.29, 0.717) is 6.42 Å². The highest BCUT2D eigenvalue weighted by molar-refractivity contribution is 6.30. The molecule has 0 aromatic heterocycles. The summed E-state index contributed by atoms with van der Waals surface area (Å²) >= 11 is 5.84. The van der Waals surface area contributed by atoms with Crippen LogP contribution in [0.1, 0.15) is 33.5 Å². The SMILES string of the molecule is Cc1cccc(C(=O)CCc2ccc(Cl)cc2)c1C. The largest absolute Gasteiger partial charge is 0.294 e. The maximum atomic E-state index is 12.2. The quantitative estimate of drug-likeness (QED) is 0.733. The number of carbonyl (C=O) groups excluding carboxylic acids is 1. The fraction of sp³-hybridized carbons (Fsp3) is 0.235. The Kier molecular flexibility index (Phi) is 4.39. The van der Waals surface area contributed by atoms with Crippen LogP contribution < -0.4 is 0 Å². The summed E-state index contributed by atoms with van der Waals surface area (Å²) in [5.41, 5.74) is 4.23. The van der Waals surface area contributed by atoms with Crippen LogP contribution in [0.2, 0.25) is 5.02 Å². The highest BCUT2D eigenvalue weighted by Crippen LogP contribution is 2.17. The van der Waals surface area contributed by atoms with Crippen molar-refractivity contribution in [2.24, 2.45) is 0 Å². The van der Waals surface area contributed by atoms with Gasteiger partial charge in [-0.2, -0.15) is 0 Å². The van der Waals surface area contributed by atoms with Gasteiger partial charge < -0.3 is 0 Å². The average Bonchev–Trinajstić information content (AvgIpc) is 2.41. The molecule has 19 heavy (non-hydrogen) atoms. The van der Waals surface area contributed by atoms with Crippen molar-refractivity contribution in [1.29, 1.82) is 0 Å². The topological polar surface area (TPSA) is 17.1 Å². The number of Topliss-reactive ketones (excluding diaryl/α,β-unsaturated/α-hetero) is 1. The van der Waals surface area contributed by atoms with Gasteiger partial charge in [0.2, 0.25) is 0 Å². The molecule has 0 saturated heterocycles. The van der Waals surface area contributed by atoms with Crippen molar-refractivity contribution in [1.82, 2.24) is 0 Å². The van der Waals surface area contributed by atoms with Crippen molar-refractivity contribution in [3.05, 3.63) is 69.7 Å². The summed E-state index contributed by atoms with van der Waals surface area (Å²) in [6.45, 7) is 4.04. The molecule has 0 spiro atoms. The molecule has 0 aliphatic heterocycles. The van der Waals surface area contributed by atoms with Crippen LogP contribution in [0.3, 0.4) is 0 Å². The van der Waals surface area contributed by atoms with Crippen LogP contribution >= 0.6 is 11.6 Å². The summed E-state index contributed by atoms with van der Waals surface area (Å²) in [5, 5.41) is 0.726. The fourth-order valence-corrected chi connectivity index (χ4v) is 2.22. The summed E-state index contributed by atoms with van der Waals surface area (Å²) in [7, 11) is 0. The third kappa shape index (κ3) is 3.45. The molecule has 0 aliphatic rings. The number of ketones is 1. The predicted octanol–water partition coefficient (Wildman–Crippen LogP) is 4.77. The minimum Gasteiger partial charge on any atom is -0.294 e. The number of carbonyl (C=O) groups is 1. The van der Waals surface area contributed by atoms with Crippen LogP contribution in [0, 0.1) is 13.8 Å². The molecule has 0 saturated carbocycles. The van der Waals surface area contributed by atoms with Gasteiger partial charge in [0.15, 0.2) is 5.78 Å². The van der Waals surface area contributed by atoms with E-state index in [-0.39, 0.29) is 5.78 Å². The van der Waals surface area contributed by atoms with Crippen molar-refractivity contribution >= 4 is 17.4 Å². The fourth-order valence-electron chi connectivity index (χ4n) is 2.10. The third-order valence-electron chi connectivity index (χ3n) is 3.46. The molecule has 2 heteroatoms. The van der Waals surface area contributed by atoms with E-state index in [4.69, 9.17) is 11.6 Å². The second kappa shape index (κ2) is 6.03. The molecule has 2 aromatic rings. The number of rotatable bonds is 4. The molecule has 0 aliphatic carbocycles. The molecule has 1 nitrogen and oxygen atoms in total. The monoisotopic (exact) mass is 272 g/mol. The average molecular weight is 273 g/mol. The second-order valence-corrected chi connectivity index (χ2v) is 5.23. The lowest BCUT2D eigenvalue weighted by Crippen LogP contribution is -2.04. The molecule has 0 heterocycles. The van der Waals surface area contributed by atoms with E-state index < -0.39 is 0 Å². The molecule has 0 amide bonds. The zero-order chi connectivity index (χ0) is 13.8. The molecular weight excluding hydrogens is 256 g/mol. The number of hydrogen-bond donors (Lipinski definition) is 0. The maximum absolute atomic E-state index is 12.2. The van der Waals surface area contributed by atoms with Crippen molar-refractivity contribution < 1.29 is 4.79 Å². The van der Waals surface area contributed by atoms with Crippen LogP contribution in [-0.4, -0.2) is 5.78 Å². The second-order valence-electron chi connectivity index (χ2n) is 4.80. The maximum Gasteiger partial charge on any atom is 0.163 e. The molecule has 0 bridgehead atoms. The van der Waals surface area contributed by atoms with Gasteiger partial charge in [-0.05, 0) is 49.1 Å².